The fourth-order valence-corrected chi connectivity index (χ4v) is 3.50. The largest absolute Gasteiger partial charge is 0.324 e. The third-order valence-corrected chi connectivity index (χ3v) is 4.88. The number of anilines is 1. The van der Waals surface area contributed by atoms with Gasteiger partial charge in [-0.1, -0.05) is 18.5 Å². The van der Waals surface area contributed by atoms with Crippen molar-refractivity contribution in [3.8, 4) is 0 Å². The maximum Gasteiger partial charge on any atom is 0.240 e. The summed E-state index contributed by atoms with van der Waals surface area (Å²) in [5.74, 6) is 0.00517. The summed E-state index contributed by atoms with van der Waals surface area (Å²) in [6.07, 6.45) is 2.14. The van der Waals surface area contributed by atoms with E-state index in [9.17, 15) is 9.59 Å². The van der Waals surface area contributed by atoms with Crippen LogP contribution in [0.25, 0.3) is 0 Å². The van der Waals surface area contributed by atoms with Crippen molar-refractivity contribution in [1.29, 1.82) is 0 Å². The summed E-state index contributed by atoms with van der Waals surface area (Å²) in [6, 6.07) is 3.81. The third-order valence-electron chi connectivity index (χ3n) is 4.58. The molecule has 2 N–H and O–H groups in total. The van der Waals surface area contributed by atoms with Gasteiger partial charge < -0.3 is 5.32 Å². The minimum absolute atomic E-state index is 0.0353. The van der Waals surface area contributed by atoms with Crippen molar-refractivity contribution in [2.45, 2.75) is 31.6 Å². The maximum absolute atomic E-state index is 12.1. The number of nitrogens with zero attached hydrogens (tertiary/aromatic N) is 1. The van der Waals surface area contributed by atoms with E-state index in [4.69, 9.17) is 11.6 Å². The van der Waals surface area contributed by atoms with Gasteiger partial charge in [-0.05, 0) is 36.1 Å². The van der Waals surface area contributed by atoms with E-state index in [-0.39, 0.29) is 23.1 Å². The summed E-state index contributed by atoms with van der Waals surface area (Å²) < 4.78 is 0. The molecule has 1 aliphatic carbocycles. The van der Waals surface area contributed by atoms with Gasteiger partial charge in [0.05, 0.1) is 21.8 Å². The monoisotopic (exact) mass is 303 g/mol. The molecule has 2 amide bonds. The lowest BCUT2D eigenvalue weighted by Crippen LogP contribution is -2.32. The Kier molecular flexibility index (Phi) is 2.49. The van der Waals surface area contributed by atoms with Crippen LogP contribution in [0.1, 0.15) is 37.3 Å². The Hall–Kier alpha value is -1.88. The predicted molar refractivity (Wildman–Crippen MR) is 79.5 cm³/mol. The van der Waals surface area contributed by atoms with Crippen LogP contribution in [-0.2, 0) is 15.0 Å². The van der Waals surface area contributed by atoms with E-state index >= 15 is 0 Å². The van der Waals surface area contributed by atoms with Crippen molar-refractivity contribution in [1.82, 2.24) is 5.43 Å². The molecule has 2 heterocycles. The second-order valence-electron chi connectivity index (χ2n) is 6.05. The molecule has 0 bridgehead atoms. The van der Waals surface area contributed by atoms with Gasteiger partial charge in [0.1, 0.15) is 0 Å². The average molecular weight is 304 g/mol. The number of hydrogen-bond acceptors (Lipinski definition) is 3. The average Bonchev–Trinajstić information content (AvgIpc) is 3.17. The lowest BCUT2D eigenvalue weighted by Gasteiger charge is -2.20. The van der Waals surface area contributed by atoms with Crippen LogP contribution in [0.4, 0.5) is 5.69 Å². The molecular weight excluding hydrogens is 290 g/mol. The van der Waals surface area contributed by atoms with E-state index in [0.717, 1.165) is 35.4 Å². The Bertz CT molecular complexity index is 722. The van der Waals surface area contributed by atoms with E-state index in [2.05, 4.69) is 15.8 Å². The number of amides is 2. The zero-order valence-electron chi connectivity index (χ0n) is 11.5. The van der Waals surface area contributed by atoms with Crippen molar-refractivity contribution >= 4 is 34.8 Å². The Morgan fingerprint density at radius 2 is 2.10 bits per heavy atom. The second kappa shape index (κ2) is 4.07. The van der Waals surface area contributed by atoms with Crippen molar-refractivity contribution in [2.24, 2.45) is 11.0 Å². The van der Waals surface area contributed by atoms with E-state index in [1.165, 1.54) is 0 Å². The van der Waals surface area contributed by atoms with Gasteiger partial charge in [-0.3, -0.25) is 9.59 Å². The first-order valence-electron chi connectivity index (χ1n) is 7.03. The van der Waals surface area contributed by atoms with Gasteiger partial charge in [0.2, 0.25) is 11.8 Å². The molecule has 1 fully saturated rings. The topological polar surface area (TPSA) is 70.6 Å². The van der Waals surface area contributed by atoms with Crippen molar-refractivity contribution < 1.29 is 9.59 Å². The van der Waals surface area contributed by atoms with Gasteiger partial charge in [-0.25, -0.2) is 5.43 Å². The molecule has 4 rings (SSSR count). The summed E-state index contributed by atoms with van der Waals surface area (Å²) >= 11 is 6.33. The number of halogens is 1. The molecule has 5 nitrogen and oxygen atoms in total. The highest BCUT2D eigenvalue weighted by atomic mass is 35.5. The Morgan fingerprint density at radius 1 is 1.33 bits per heavy atom. The summed E-state index contributed by atoms with van der Waals surface area (Å²) in [5.41, 5.74) is 5.54. The molecule has 108 valence electrons. The molecule has 0 saturated heterocycles. The van der Waals surface area contributed by atoms with Gasteiger partial charge in [-0.15, -0.1) is 0 Å². The Balaban J connectivity index is 1.83. The van der Waals surface area contributed by atoms with Crippen LogP contribution < -0.4 is 10.7 Å². The lowest BCUT2D eigenvalue weighted by atomic mass is 9.90. The Morgan fingerprint density at radius 3 is 2.76 bits per heavy atom. The van der Waals surface area contributed by atoms with E-state index in [1.54, 1.807) is 0 Å². The summed E-state index contributed by atoms with van der Waals surface area (Å²) in [4.78, 5) is 23.5. The molecule has 3 aliphatic rings. The molecule has 0 radical (unpaired) electrons. The third kappa shape index (κ3) is 1.73. The number of rotatable bonds is 1. The Labute approximate surface area is 126 Å². The molecule has 2 aliphatic heterocycles. The number of fused-ring (bicyclic) bond motifs is 2. The minimum Gasteiger partial charge on any atom is -0.324 e. The zero-order chi connectivity index (χ0) is 14.8. The van der Waals surface area contributed by atoms with Gasteiger partial charge in [0.15, 0.2) is 0 Å². The fraction of sp³-hybridized carbons (Fsp3) is 0.400. The van der Waals surface area contributed by atoms with Crippen molar-refractivity contribution in [3.05, 3.63) is 28.3 Å². The van der Waals surface area contributed by atoms with Crippen LogP contribution in [-0.4, -0.2) is 17.5 Å². The minimum atomic E-state index is -0.378. The first-order chi connectivity index (χ1) is 10.0. The quantitative estimate of drug-likeness (QED) is 0.835. The van der Waals surface area contributed by atoms with E-state index < -0.39 is 0 Å². The van der Waals surface area contributed by atoms with Crippen LogP contribution in [0.5, 0.6) is 0 Å². The molecule has 1 aromatic carbocycles. The maximum atomic E-state index is 12.1. The fourth-order valence-electron chi connectivity index (χ4n) is 3.24. The van der Waals surface area contributed by atoms with Gasteiger partial charge in [-0.2, -0.15) is 5.10 Å². The molecule has 1 saturated carbocycles. The predicted octanol–water partition coefficient (Wildman–Crippen LogP) is 2.18. The molecule has 1 atom stereocenters. The molecule has 21 heavy (non-hydrogen) atoms. The number of hydrazone groups is 1. The van der Waals surface area contributed by atoms with Crippen LogP contribution in [0.3, 0.4) is 0 Å². The molecule has 1 aromatic rings. The summed E-state index contributed by atoms with van der Waals surface area (Å²) in [6.45, 7) is 1.97. The molecular formula is C15H14ClN3O2. The van der Waals surface area contributed by atoms with Crippen LogP contribution in [0.15, 0.2) is 17.2 Å². The standard InChI is InChI=1S/C15H14ClN3O2/c1-7-4-11(20)18-19-12(7)8-5-9-13(10(16)6-8)17-14(21)15(9)2-3-15/h5-7H,2-4H2,1H3,(H,17,21)(H,18,20). The summed E-state index contributed by atoms with van der Waals surface area (Å²) in [5, 5.41) is 7.59. The van der Waals surface area contributed by atoms with Gasteiger partial charge in [0.25, 0.3) is 0 Å². The van der Waals surface area contributed by atoms with Crippen LogP contribution in [0, 0.1) is 5.92 Å². The highest BCUT2D eigenvalue weighted by Crippen LogP contribution is 2.56. The summed E-state index contributed by atoms with van der Waals surface area (Å²) in [7, 11) is 0. The molecule has 1 spiro atoms. The van der Waals surface area contributed by atoms with Crippen molar-refractivity contribution in [3.63, 3.8) is 0 Å². The van der Waals surface area contributed by atoms with Crippen LogP contribution >= 0.6 is 11.6 Å². The van der Waals surface area contributed by atoms with Crippen LogP contribution in [0.2, 0.25) is 5.02 Å². The lowest BCUT2D eigenvalue weighted by molar-refractivity contribution is -0.122. The number of benzene rings is 1. The van der Waals surface area contributed by atoms with Gasteiger partial charge >= 0.3 is 0 Å². The van der Waals surface area contributed by atoms with Crippen molar-refractivity contribution in [2.75, 3.05) is 5.32 Å². The smallest absolute Gasteiger partial charge is 0.240 e. The zero-order valence-corrected chi connectivity index (χ0v) is 12.3. The van der Waals surface area contributed by atoms with E-state index in [0.29, 0.717) is 11.4 Å². The van der Waals surface area contributed by atoms with E-state index in [1.807, 2.05) is 19.1 Å². The highest BCUT2D eigenvalue weighted by molar-refractivity contribution is 6.35. The van der Waals surface area contributed by atoms with Gasteiger partial charge in [0, 0.05) is 12.3 Å². The first-order valence-corrected chi connectivity index (χ1v) is 7.41. The number of carbonyl (C=O) groups is 2. The SMILES string of the molecule is CC1CC(=O)NN=C1c1cc(Cl)c2c(c1)C1(CC1)C(=O)N2. The number of hydrogen-bond donors (Lipinski definition) is 2. The normalized spacial score (nSPS) is 25.2. The second-order valence-corrected chi connectivity index (χ2v) is 6.46. The highest BCUT2D eigenvalue weighted by Gasteiger charge is 2.56. The first kappa shape index (κ1) is 12.8. The molecule has 6 heteroatoms. The number of nitrogens with one attached hydrogen (secondary N) is 2. The molecule has 1 unspecified atom stereocenters. The number of carbonyl (C=O) groups excluding carboxylic acids is 2. The molecule has 0 aromatic heterocycles.